The fourth-order valence-corrected chi connectivity index (χ4v) is 1.10. The molecule has 12 heavy (non-hydrogen) atoms. The summed E-state index contributed by atoms with van der Waals surface area (Å²) in [5, 5.41) is 11.0. The Morgan fingerprint density at radius 1 is 1.50 bits per heavy atom. The first kappa shape index (κ1) is 7.09. The Hall–Kier alpha value is -1.58. The second-order valence-corrected chi connectivity index (χ2v) is 2.70. The van der Waals surface area contributed by atoms with Gasteiger partial charge < -0.3 is 0 Å². The smallest absolute Gasteiger partial charge is 0.0852 e. The van der Waals surface area contributed by atoms with Crippen LogP contribution in [0.3, 0.4) is 0 Å². The quantitative estimate of drug-likeness (QED) is 0.715. The van der Waals surface area contributed by atoms with E-state index in [0.29, 0.717) is 0 Å². The fraction of sp³-hybridized carbons (Fsp3) is 0.250. The predicted molar refractivity (Wildman–Crippen MR) is 44.7 cm³/mol. The van der Waals surface area contributed by atoms with Gasteiger partial charge in [0.1, 0.15) is 0 Å². The number of rotatable bonds is 2. The second-order valence-electron chi connectivity index (χ2n) is 2.70. The highest BCUT2D eigenvalue weighted by molar-refractivity contribution is 5.03. The van der Waals surface area contributed by atoms with E-state index < -0.39 is 0 Å². The summed E-state index contributed by atoms with van der Waals surface area (Å²) in [6.07, 6.45) is 3.61. The van der Waals surface area contributed by atoms with E-state index >= 15 is 0 Å². The van der Waals surface area contributed by atoms with Crippen molar-refractivity contribution in [2.75, 3.05) is 0 Å². The minimum Gasteiger partial charge on any atom is -0.285 e. The Morgan fingerprint density at radius 3 is 3.00 bits per heavy atom. The summed E-state index contributed by atoms with van der Waals surface area (Å²) >= 11 is 0. The molecule has 2 aromatic rings. The summed E-state index contributed by atoms with van der Waals surface area (Å²) < 4.78 is 1.91. The van der Waals surface area contributed by atoms with Gasteiger partial charge in [-0.3, -0.25) is 9.78 Å². The molecule has 62 valence electrons. The molecule has 0 bridgehead atoms. The topological polar surface area (TPSA) is 46.5 Å². The summed E-state index contributed by atoms with van der Waals surface area (Å²) in [6.45, 7) is 2.77. The summed E-state index contributed by atoms with van der Waals surface area (Å²) in [7, 11) is 0. The van der Waals surface area contributed by atoms with E-state index in [1.54, 1.807) is 6.20 Å². The van der Waals surface area contributed by atoms with Crippen LogP contribution >= 0.6 is 0 Å². The van der Waals surface area contributed by atoms with Gasteiger partial charge in [-0.15, -0.1) is 0 Å². The van der Waals surface area contributed by atoms with E-state index in [1.807, 2.05) is 29.9 Å². The zero-order chi connectivity index (χ0) is 8.39. The molecule has 2 rings (SSSR count). The third-order valence-electron chi connectivity index (χ3n) is 1.80. The maximum atomic E-state index is 4.15. The molecule has 0 aliphatic heterocycles. The number of H-pyrrole nitrogens is 1. The van der Waals surface area contributed by atoms with Crippen molar-refractivity contribution in [1.82, 2.24) is 20.0 Å². The number of aryl methyl sites for hydroxylation is 1. The van der Waals surface area contributed by atoms with Crippen molar-refractivity contribution in [3.05, 3.63) is 35.9 Å². The number of aromatic nitrogens is 4. The van der Waals surface area contributed by atoms with Crippen LogP contribution in [0.2, 0.25) is 0 Å². The summed E-state index contributed by atoms with van der Waals surface area (Å²) in [5.74, 6) is 0. The minimum atomic E-state index is 0.738. The molecule has 0 amide bonds. The zero-order valence-electron chi connectivity index (χ0n) is 6.86. The molecule has 0 spiro atoms. The van der Waals surface area contributed by atoms with Gasteiger partial charge >= 0.3 is 0 Å². The lowest BCUT2D eigenvalue weighted by Crippen LogP contribution is -2.03. The van der Waals surface area contributed by atoms with Gasteiger partial charge in [0, 0.05) is 18.1 Å². The number of nitrogens with zero attached hydrogens (tertiary/aromatic N) is 3. The molecule has 4 nitrogen and oxygen atoms in total. The van der Waals surface area contributed by atoms with E-state index in [2.05, 4.69) is 15.3 Å². The molecule has 4 heteroatoms. The average Bonchev–Trinajstić information content (AvgIpc) is 2.65. The number of hydrogen-bond acceptors (Lipinski definition) is 2. The van der Waals surface area contributed by atoms with E-state index in [9.17, 15) is 0 Å². The first-order valence-electron chi connectivity index (χ1n) is 3.83. The molecule has 2 aromatic heterocycles. The van der Waals surface area contributed by atoms with Gasteiger partial charge in [-0.05, 0) is 19.1 Å². The maximum absolute atomic E-state index is 4.15. The number of aromatic amines is 1. The summed E-state index contributed by atoms with van der Waals surface area (Å²) in [6, 6.07) is 3.92. The van der Waals surface area contributed by atoms with E-state index in [0.717, 1.165) is 17.9 Å². The van der Waals surface area contributed by atoms with Gasteiger partial charge in [0.2, 0.25) is 0 Å². The molecule has 0 radical (unpaired) electrons. The summed E-state index contributed by atoms with van der Waals surface area (Å²) in [4.78, 5) is 0. The second kappa shape index (κ2) is 2.81. The standard InChI is InChI=1S/C8H10N4/c1-7-2-5-10-12(7)6-8-3-4-9-11-8/h2-5H,6H2,1H3,(H,9,11). The van der Waals surface area contributed by atoms with Crippen molar-refractivity contribution in [3.8, 4) is 0 Å². The monoisotopic (exact) mass is 162 g/mol. The molecule has 1 N–H and O–H groups in total. The lowest BCUT2D eigenvalue weighted by Gasteiger charge is -1.99. The molecule has 0 saturated heterocycles. The van der Waals surface area contributed by atoms with Crippen LogP contribution in [0, 0.1) is 6.92 Å². The SMILES string of the molecule is Cc1ccnn1Cc1cc[nH]n1. The Kier molecular flexibility index (Phi) is 1.66. The first-order valence-corrected chi connectivity index (χ1v) is 3.83. The number of nitrogens with one attached hydrogen (secondary N) is 1. The number of hydrogen-bond donors (Lipinski definition) is 1. The Bertz CT molecular complexity index is 347. The fourth-order valence-electron chi connectivity index (χ4n) is 1.10. The van der Waals surface area contributed by atoms with E-state index in [4.69, 9.17) is 0 Å². The van der Waals surface area contributed by atoms with Crippen LogP contribution in [0.15, 0.2) is 24.5 Å². The van der Waals surface area contributed by atoms with Crippen molar-refractivity contribution in [2.45, 2.75) is 13.5 Å². The maximum Gasteiger partial charge on any atom is 0.0852 e. The van der Waals surface area contributed by atoms with Gasteiger partial charge in [0.05, 0.1) is 12.2 Å². The van der Waals surface area contributed by atoms with Crippen molar-refractivity contribution in [3.63, 3.8) is 0 Å². The van der Waals surface area contributed by atoms with Crippen molar-refractivity contribution >= 4 is 0 Å². The van der Waals surface area contributed by atoms with Gasteiger partial charge in [-0.25, -0.2) is 0 Å². The average molecular weight is 162 g/mol. The van der Waals surface area contributed by atoms with Gasteiger partial charge in [0.25, 0.3) is 0 Å². The van der Waals surface area contributed by atoms with E-state index in [-0.39, 0.29) is 0 Å². The predicted octanol–water partition coefficient (Wildman–Crippen LogP) is 0.963. The largest absolute Gasteiger partial charge is 0.285 e. The summed E-state index contributed by atoms with van der Waals surface area (Å²) in [5.41, 5.74) is 2.15. The first-order chi connectivity index (χ1) is 5.86. The van der Waals surface area contributed by atoms with Gasteiger partial charge in [-0.1, -0.05) is 0 Å². The van der Waals surface area contributed by atoms with E-state index in [1.165, 1.54) is 0 Å². The van der Waals surface area contributed by atoms with Crippen LogP contribution in [-0.2, 0) is 6.54 Å². The normalized spacial score (nSPS) is 10.4. The van der Waals surface area contributed by atoms with Crippen LogP contribution in [-0.4, -0.2) is 20.0 Å². The highest BCUT2D eigenvalue weighted by Crippen LogP contribution is 2.00. The van der Waals surface area contributed by atoms with Crippen LogP contribution in [0.4, 0.5) is 0 Å². The molecule has 0 aromatic carbocycles. The zero-order valence-corrected chi connectivity index (χ0v) is 6.86. The van der Waals surface area contributed by atoms with Crippen LogP contribution in [0.25, 0.3) is 0 Å². The van der Waals surface area contributed by atoms with Crippen molar-refractivity contribution in [2.24, 2.45) is 0 Å². The Labute approximate surface area is 70.2 Å². The molecule has 0 aliphatic carbocycles. The molecule has 0 aliphatic rings. The molecule has 0 atom stereocenters. The van der Waals surface area contributed by atoms with Crippen LogP contribution in [0.5, 0.6) is 0 Å². The third kappa shape index (κ3) is 1.23. The Balaban J connectivity index is 2.20. The van der Waals surface area contributed by atoms with Gasteiger partial charge in [0.15, 0.2) is 0 Å². The molecule has 0 unspecified atom stereocenters. The molecular weight excluding hydrogens is 152 g/mol. The Morgan fingerprint density at radius 2 is 2.42 bits per heavy atom. The van der Waals surface area contributed by atoms with Crippen molar-refractivity contribution < 1.29 is 0 Å². The van der Waals surface area contributed by atoms with Gasteiger partial charge in [-0.2, -0.15) is 10.2 Å². The lowest BCUT2D eigenvalue weighted by molar-refractivity contribution is 0.650. The molecule has 0 fully saturated rings. The highest BCUT2D eigenvalue weighted by atomic mass is 15.3. The molecule has 0 saturated carbocycles. The third-order valence-corrected chi connectivity index (χ3v) is 1.80. The highest BCUT2D eigenvalue weighted by Gasteiger charge is 1.99. The minimum absolute atomic E-state index is 0.738. The molecule has 2 heterocycles. The van der Waals surface area contributed by atoms with Crippen LogP contribution in [0.1, 0.15) is 11.4 Å². The lowest BCUT2D eigenvalue weighted by atomic mass is 10.4. The van der Waals surface area contributed by atoms with Crippen LogP contribution < -0.4 is 0 Å². The van der Waals surface area contributed by atoms with Crippen molar-refractivity contribution in [1.29, 1.82) is 0 Å². The molecular formula is C8H10N4.